The molecule has 0 fully saturated rings. The molecule has 0 atom stereocenters. The normalized spacial score (nSPS) is 11.2. The fourth-order valence-electron chi connectivity index (χ4n) is 2.49. The number of carbonyl (C=O) groups excluding carboxylic acids is 1. The summed E-state index contributed by atoms with van der Waals surface area (Å²) in [4.78, 5) is 16.8. The Balaban J connectivity index is 1.73. The van der Waals surface area contributed by atoms with Crippen molar-refractivity contribution in [1.82, 2.24) is 22.6 Å². The number of benzene rings is 1. The van der Waals surface area contributed by atoms with E-state index < -0.39 is 0 Å². The highest BCUT2D eigenvalue weighted by molar-refractivity contribution is 14.1. The standard InChI is InChI=1S/C15H10ClIN6O2/c1-25-13-3-11-8(6-23(17)21-11)2-12(13)20-15(24)10-5-19-22-7-9(16)4-18-14(10)22/h2-7H,1H3,(H,20,24). The average molecular weight is 469 g/mol. The van der Waals surface area contributed by atoms with Gasteiger partial charge in [-0.2, -0.15) is 10.2 Å². The lowest BCUT2D eigenvalue weighted by Gasteiger charge is -2.09. The van der Waals surface area contributed by atoms with Crippen LogP contribution in [0.15, 0.2) is 36.9 Å². The molecule has 4 rings (SSSR count). The van der Waals surface area contributed by atoms with Gasteiger partial charge < -0.3 is 10.1 Å². The molecule has 0 unspecified atom stereocenters. The van der Waals surface area contributed by atoms with Crippen LogP contribution in [0.3, 0.4) is 0 Å². The van der Waals surface area contributed by atoms with E-state index in [1.807, 2.05) is 12.3 Å². The Hall–Kier alpha value is -2.40. The number of anilines is 1. The van der Waals surface area contributed by atoms with Crippen molar-refractivity contribution in [2.75, 3.05) is 12.4 Å². The van der Waals surface area contributed by atoms with Crippen LogP contribution in [0.25, 0.3) is 16.6 Å². The van der Waals surface area contributed by atoms with Gasteiger partial charge in [-0.1, -0.05) is 11.6 Å². The van der Waals surface area contributed by atoms with E-state index in [-0.39, 0.29) is 5.91 Å². The molecular formula is C15H10ClIN6O2. The SMILES string of the molecule is COc1cc2nn(I)cc2cc1NC(=O)c1cnn2cc(Cl)cnc12. The molecule has 3 aromatic heterocycles. The summed E-state index contributed by atoms with van der Waals surface area (Å²) in [6.45, 7) is 0. The van der Waals surface area contributed by atoms with Gasteiger partial charge in [-0.3, -0.25) is 4.79 Å². The number of halogens is 2. The van der Waals surface area contributed by atoms with Gasteiger partial charge in [0.15, 0.2) is 5.65 Å². The monoisotopic (exact) mass is 468 g/mol. The van der Waals surface area contributed by atoms with E-state index in [9.17, 15) is 4.79 Å². The third-order valence-corrected chi connectivity index (χ3v) is 4.30. The van der Waals surface area contributed by atoms with Gasteiger partial charge in [0.05, 0.1) is 58.6 Å². The zero-order valence-corrected chi connectivity index (χ0v) is 15.7. The number of rotatable bonds is 3. The molecular weight excluding hydrogens is 459 g/mol. The van der Waals surface area contributed by atoms with Crippen LogP contribution in [0.4, 0.5) is 5.69 Å². The molecule has 0 aliphatic rings. The minimum atomic E-state index is -0.343. The van der Waals surface area contributed by atoms with Crippen LogP contribution in [-0.2, 0) is 0 Å². The van der Waals surface area contributed by atoms with Gasteiger partial charge in [0.2, 0.25) is 0 Å². The van der Waals surface area contributed by atoms with Gasteiger partial charge in [0, 0.05) is 23.8 Å². The quantitative estimate of drug-likeness (QED) is 0.467. The Kier molecular flexibility index (Phi) is 3.96. The van der Waals surface area contributed by atoms with Crippen molar-refractivity contribution in [2.45, 2.75) is 0 Å². The number of fused-ring (bicyclic) bond motifs is 2. The molecule has 3 heterocycles. The predicted octanol–water partition coefficient (Wildman–Crippen LogP) is 3.19. The molecule has 0 spiro atoms. The average Bonchev–Trinajstić information content (AvgIpc) is 3.15. The number of nitrogens with one attached hydrogen (secondary N) is 1. The second-order valence-electron chi connectivity index (χ2n) is 5.18. The van der Waals surface area contributed by atoms with Crippen LogP contribution in [0.2, 0.25) is 5.02 Å². The molecule has 0 saturated carbocycles. The van der Waals surface area contributed by atoms with Gasteiger partial charge in [-0.25, -0.2) is 12.4 Å². The van der Waals surface area contributed by atoms with Crippen LogP contribution in [-0.4, -0.2) is 35.6 Å². The number of hydrogen-bond acceptors (Lipinski definition) is 5. The number of methoxy groups -OCH3 is 1. The molecule has 1 N–H and O–H groups in total. The highest BCUT2D eigenvalue weighted by Crippen LogP contribution is 2.30. The molecule has 1 aromatic carbocycles. The van der Waals surface area contributed by atoms with E-state index in [1.165, 1.54) is 24.0 Å². The second-order valence-corrected chi connectivity index (χ2v) is 6.61. The summed E-state index contributed by atoms with van der Waals surface area (Å²) < 4.78 is 8.49. The van der Waals surface area contributed by atoms with Crippen molar-refractivity contribution >= 4 is 62.6 Å². The molecule has 0 saturated heterocycles. The predicted molar refractivity (Wildman–Crippen MR) is 102 cm³/mol. The van der Waals surface area contributed by atoms with Crippen molar-refractivity contribution in [3.63, 3.8) is 0 Å². The maximum absolute atomic E-state index is 12.7. The van der Waals surface area contributed by atoms with Gasteiger partial charge in [-0.05, 0) is 6.07 Å². The van der Waals surface area contributed by atoms with E-state index in [4.69, 9.17) is 16.3 Å². The highest BCUT2D eigenvalue weighted by atomic mass is 127. The van der Waals surface area contributed by atoms with E-state index in [0.717, 1.165) is 10.9 Å². The summed E-state index contributed by atoms with van der Waals surface area (Å²) in [6.07, 6.45) is 6.35. The summed E-state index contributed by atoms with van der Waals surface area (Å²) in [5.41, 5.74) is 2.07. The highest BCUT2D eigenvalue weighted by Gasteiger charge is 2.17. The van der Waals surface area contributed by atoms with Crippen LogP contribution in [0.1, 0.15) is 10.4 Å². The van der Waals surface area contributed by atoms with Crippen LogP contribution >= 0.6 is 34.5 Å². The minimum Gasteiger partial charge on any atom is -0.494 e. The zero-order chi connectivity index (χ0) is 17.6. The minimum absolute atomic E-state index is 0.336. The van der Waals surface area contributed by atoms with Crippen LogP contribution in [0.5, 0.6) is 5.75 Å². The third kappa shape index (κ3) is 2.89. The maximum Gasteiger partial charge on any atom is 0.261 e. The van der Waals surface area contributed by atoms with Crippen LogP contribution < -0.4 is 10.1 Å². The summed E-state index contributed by atoms with van der Waals surface area (Å²) in [5.74, 6) is 0.174. The lowest BCUT2D eigenvalue weighted by molar-refractivity contribution is 0.102. The molecule has 10 heteroatoms. The lowest BCUT2D eigenvalue weighted by atomic mass is 10.2. The van der Waals surface area contributed by atoms with Crippen molar-refractivity contribution in [3.8, 4) is 5.75 Å². The summed E-state index contributed by atoms with van der Waals surface area (Å²) >= 11 is 7.95. The molecule has 25 heavy (non-hydrogen) atoms. The smallest absolute Gasteiger partial charge is 0.261 e. The topological polar surface area (TPSA) is 86.3 Å². The number of ether oxygens (including phenoxy) is 1. The van der Waals surface area contributed by atoms with E-state index in [2.05, 4.69) is 43.4 Å². The van der Waals surface area contributed by atoms with Gasteiger partial charge >= 0.3 is 0 Å². The molecule has 4 aromatic rings. The molecule has 126 valence electrons. The first-order valence-electron chi connectivity index (χ1n) is 7.09. The molecule has 0 bridgehead atoms. The van der Waals surface area contributed by atoms with E-state index in [1.54, 1.807) is 15.2 Å². The fourth-order valence-corrected chi connectivity index (χ4v) is 3.16. The lowest BCUT2D eigenvalue weighted by Crippen LogP contribution is -2.12. The molecule has 1 amide bonds. The Bertz CT molecular complexity index is 1120. The van der Waals surface area contributed by atoms with Crippen molar-refractivity contribution in [3.05, 3.63) is 47.5 Å². The Morgan fingerprint density at radius 2 is 2.16 bits per heavy atom. The zero-order valence-electron chi connectivity index (χ0n) is 12.8. The first-order valence-corrected chi connectivity index (χ1v) is 8.43. The maximum atomic E-state index is 12.7. The largest absolute Gasteiger partial charge is 0.494 e. The van der Waals surface area contributed by atoms with Gasteiger partial charge in [0.1, 0.15) is 11.3 Å². The summed E-state index contributed by atoms with van der Waals surface area (Å²) in [6, 6.07) is 3.58. The van der Waals surface area contributed by atoms with E-state index in [0.29, 0.717) is 27.7 Å². The van der Waals surface area contributed by atoms with E-state index >= 15 is 0 Å². The van der Waals surface area contributed by atoms with Crippen molar-refractivity contribution in [1.29, 1.82) is 0 Å². The second kappa shape index (κ2) is 6.15. The number of amides is 1. The van der Waals surface area contributed by atoms with Gasteiger partial charge in [0.25, 0.3) is 5.91 Å². The third-order valence-electron chi connectivity index (χ3n) is 3.62. The Labute approximate surface area is 160 Å². The van der Waals surface area contributed by atoms with Gasteiger partial charge in [-0.15, -0.1) is 0 Å². The molecule has 0 radical (unpaired) electrons. The fraction of sp³-hybridized carbons (Fsp3) is 0.0667. The molecule has 8 nitrogen and oxygen atoms in total. The number of aromatic nitrogens is 5. The van der Waals surface area contributed by atoms with Crippen molar-refractivity contribution in [2.24, 2.45) is 0 Å². The Morgan fingerprint density at radius 3 is 2.96 bits per heavy atom. The van der Waals surface area contributed by atoms with Crippen molar-refractivity contribution < 1.29 is 9.53 Å². The first-order chi connectivity index (χ1) is 12.0. The summed E-state index contributed by atoms with van der Waals surface area (Å²) in [5, 5.41) is 12.6. The molecule has 0 aliphatic heterocycles. The number of hydrogen-bond donors (Lipinski definition) is 1. The Morgan fingerprint density at radius 1 is 1.32 bits per heavy atom. The van der Waals surface area contributed by atoms with Crippen LogP contribution in [0, 0.1) is 0 Å². The number of nitrogens with zero attached hydrogens (tertiary/aromatic N) is 5. The summed E-state index contributed by atoms with van der Waals surface area (Å²) in [7, 11) is 1.54. The molecule has 0 aliphatic carbocycles. The first kappa shape index (κ1) is 16.1. The number of carbonyl (C=O) groups is 1.